The first kappa shape index (κ1) is 35.4. The maximum atomic E-state index is 9.24. The Balaban J connectivity index is 0.970. The van der Waals surface area contributed by atoms with Gasteiger partial charge in [0.2, 0.25) is 0 Å². The topological polar surface area (TPSA) is 30.7 Å². The number of rotatable bonds is 3. The fraction of sp³-hybridized carbons (Fsp3) is 0.0154. The first-order valence-electron chi connectivity index (χ1n) is 24.6. The molecular formula is C65H41N3. The van der Waals surface area contributed by atoms with Crippen molar-refractivity contribution in [3.8, 4) is 117 Å². The third-order valence-electron chi connectivity index (χ3n) is 14.2. The number of hydrogen-bond donors (Lipinski definition) is 0. The van der Waals surface area contributed by atoms with Crippen molar-refractivity contribution in [3.05, 3.63) is 236 Å². The lowest BCUT2D eigenvalue weighted by Crippen LogP contribution is -2.01. The van der Waals surface area contributed by atoms with Gasteiger partial charge in [0.15, 0.2) is 0 Å². The lowest BCUT2D eigenvalue weighted by atomic mass is 9.79. The summed E-state index contributed by atoms with van der Waals surface area (Å²) >= 11 is 0. The zero-order valence-electron chi connectivity index (χ0n) is 39.8. The molecule has 0 saturated carbocycles. The van der Waals surface area contributed by atoms with Gasteiger partial charge in [-0.05, 0) is 150 Å². The molecule has 68 heavy (non-hydrogen) atoms. The summed E-state index contributed by atoms with van der Waals surface area (Å²) in [6.07, 6.45) is 3.63. The Hall–Kier alpha value is -8.92. The number of nitrogens with zero attached hydrogens (tertiary/aromatic N) is 3. The fourth-order valence-corrected chi connectivity index (χ4v) is 11.2. The number of benzene rings is 9. The van der Waals surface area contributed by atoms with E-state index in [9.17, 15) is 4.11 Å². The summed E-state index contributed by atoms with van der Waals surface area (Å²) in [6.45, 7) is -2.46. The summed E-state index contributed by atoms with van der Waals surface area (Å²) in [6, 6.07) is 76.8. The fourth-order valence-electron chi connectivity index (χ4n) is 11.2. The summed E-state index contributed by atoms with van der Waals surface area (Å²) < 4.78 is 30.1. The molecule has 0 spiro atoms. The van der Waals surface area contributed by atoms with E-state index in [0.717, 1.165) is 117 Å². The van der Waals surface area contributed by atoms with Gasteiger partial charge in [0.1, 0.15) is 0 Å². The van der Waals surface area contributed by atoms with E-state index in [4.69, 9.17) is 9.97 Å². The van der Waals surface area contributed by atoms with Crippen molar-refractivity contribution < 1.29 is 4.11 Å². The van der Waals surface area contributed by atoms with Gasteiger partial charge in [0.05, 0.1) is 22.4 Å². The summed E-state index contributed by atoms with van der Waals surface area (Å²) in [5, 5.41) is 2.44. The van der Waals surface area contributed by atoms with Crippen LogP contribution in [0.25, 0.3) is 139 Å². The van der Waals surface area contributed by atoms with Crippen LogP contribution in [-0.2, 0) is 0 Å². The van der Waals surface area contributed by atoms with Crippen LogP contribution in [-0.4, -0.2) is 14.5 Å². The van der Waals surface area contributed by atoms with Gasteiger partial charge in [0, 0.05) is 44.1 Å². The normalized spacial score (nSPS) is 12.7. The Morgan fingerprint density at radius 2 is 0.676 bits per heavy atom. The molecule has 0 bridgehead atoms. The predicted molar refractivity (Wildman–Crippen MR) is 283 cm³/mol. The molecule has 9 aromatic carbocycles. The number of fused-ring (bicyclic) bond motifs is 19. The van der Waals surface area contributed by atoms with E-state index in [1.165, 1.54) is 10.8 Å². The molecule has 3 nitrogen and oxygen atoms in total. The second kappa shape index (κ2) is 15.1. The number of aromatic nitrogens is 3. The highest BCUT2D eigenvalue weighted by Crippen LogP contribution is 2.51. The van der Waals surface area contributed by atoms with E-state index in [-0.39, 0.29) is 0 Å². The minimum absolute atomic E-state index is 0.310. The molecule has 316 valence electrons. The number of hydrogen-bond acceptors (Lipinski definition) is 2. The van der Waals surface area contributed by atoms with Crippen molar-refractivity contribution in [2.24, 2.45) is 0 Å². The monoisotopic (exact) mass is 866 g/mol. The molecule has 0 saturated heterocycles. The van der Waals surface area contributed by atoms with Crippen molar-refractivity contribution >= 4 is 21.8 Å². The molecule has 0 amide bonds. The van der Waals surface area contributed by atoms with E-state index in [0.29, 0.717) is 16.7 Å². The molecule has 2 aliphatic rings. The Bertz CT molecular complexity index is 4120. The first-order valence-corrected chi connectivity index (χ1v) is 23.1. The van der Waals surface area contributed by atoms with E-state index in [1.807, 2.05) is 42.7 Å². The molecule has 12 aromatic rings. The Morgan fingerprint density at radius 1 is 0.309 bits per heavy atom. The van der Waals surface area contributed by atoms with Gasteiger partial charge < -0.3 is 4.57 Å². The van der Waals surface area contributed by atoms with E-state index in [2.05, 4.69) is 193 Å². The van der Waals surface area contributed by atoms with Crippen molar-refractivity contribution in [1.82, 2.24) is 14.5 Å². The van der Waals surface area contributed by atoms with Gasteiger partial charge >= 0.3 is 0 Å². The van der Waals surface area contributed by atoms with Gasteiger partial charge in [-0.2, -0.15) is 0 Å². The highest BCUT2D eigenvalue weighted by atomic mass is 15.0. The van der Waals surface area contributed by atoms with Crippen LogP contribution < -0.4 is 0 Å². The molecule has 3 aromatic heterocycles. The van der Waals surface area contributed by atoms with E-state index in [1.54, 1.807) is 0 Å². The van der Waals surface area contributed by atoms with Gasteiger partial charge in [-0.1, -0.05) is 170 Å². The van der Waals surface area contributed by atoms with Crippen LogP contribution in [0.5, 0.6) is 0 Å². The molecule has 0 unspecified atom stereocenters. The molecule has 0 fully saturated rings. The molecular weight excluding hydrogens is 823 g/mol. The highest BCUT2D eigenvalue weighted by molar-refractivity contribution is 6.10. The van der Waals surface area contributed by atoms with Crippen LogP contribution in [0.1, 0.15) is 9.68 Å². The summed E-state index contributed by atoms with van der Waals surface area (Å²) in [4.78, 5) is 9.80. The maximum Gasteiger partial charge on any atom is 0.0970 e. The van der Waals surface area contributed by atoms with Crippen LogP contribution in [0.2, 0.25) is 0 Å². The van der Waals surface area contributed by atoms with Gasteiger partial charge in [-0.15, -0.1) is 0 Å². The Morgan fingerprint density at radius 3 is 1.19 bits per heavy atom. The quantitative estimate of drug-likeness (QED) is 0.177. The third-order valence-corrected chi connectivity index (χ3v) is 14.2. The first-order chi connectivity index (χ1) is 34.9. The van der Waals surface area contributed by atoms with Gasteiger partial charge in [-0.3, -0.25) is 9.97 Å². The summed E-state index contributed by atoms with van der Waals surface area (Å²) in [7, 11) is 0. The van der Waals surface area contributed by atoms with Crippen LogP contribution in [0.4, 0.5) is 0 Å². The third kappa shape index (κ3) is 5.72. The second-order valence-electron chi connectivity index (χ2n) is 17.8. The minimum atomic E-state index is -2.46. The molecule has 14 rings (SSSR count). The van der Waals surface area contributed by atoms with Crippen molar-refractivity contribution in [2.45, 2.75) is 6.85 Å². The van der Waals surface area contributed by atoms with Crippen LogP contribution in [0.3, 0.4) is 0 Å². The van der Waals surface area contributed by atoms with Gasteiger partial charge in [0.25, 0.3) is 0 Å². The molecule has 3 heteroatoms. The molecule has 0 N–H and O–H groups in total. The SMILES string of the molecule is [2H]C([2H])([2H])c1c(-c2ccc3c(c2)-c2ccccc2-c2ccccc2-c2cc(-n4c5ccccc5c5ccccc54)ccc2-3)cccc1-c1ccc2c(c1)-c1cccnc1-c1ncccc1-c1ccccc1-2. The molecule has 3 heterocycles. The molecule has 0 aliphatic heterocycles. The van der Waals surface area contributed by atoms with E-state index < -0.39 is 6.85 Å². The summed E-state index contributed by atoms with van der Waals surface area (Å²) in [5.41, 5.74) is 23.3. The van der Waals surface area contributed by atoms with Crippen molar-refractivity contribution in [1.29, 1.82) is 0 Å². The van der Waals surface area contributed by atoms with Crippen molar-refractivity contribution in [2.75, 3.05) is 0 Å². The summed E-state index contributed by atoms with van der Waals surface area (Å²) in [5.74, 6) is 0. The van der Waals surface area contributed by atoms with Crippen LogP contribution in [0.15, 0.2) is 231 Å². The average molecular weight is 867 g/mol. The minimum Gasteiger partial charge on any atom is -0.309 e. The smallest absolute Gasteiger partial charge is 0.0970 e. The van der Waals surface area contributed by atoms with Crippen LogP contribution in [0, 0.1) is 6.85 Å². The molecule has 0 atom stereocenters. The largest absolute Gasteiger partial charge is 0.309 e. The zero-order chi connectivity index (χ0) is 47.4. The Kier molecular flexibility index (Phi) is 7.83. The molecule has 2 aliphatic carbocycles. The van der Waals surface area contributed by atoms with Gasteiger partial charge in [-0.25, -0.2) is 0 Å². The standard InChI is InChI=1S/C65H41N3/c1-40-44(23-12-24-45(40)42-29-32-52-48-17-2-5-18-49(48)57-25-13-35-66-64(57)65-58(60(52)38-42)26-14-36-67-65)41-30-33-53-54-34-31-43(68-62-27-10-8-21-55(62)56-22-9-11-28-63(56)68)39-61(54)51-20-7-4-16-47(51)46-15-3-6-19-50(46)59(53)37-41/h2-39H,1H3/i1D3. The maximum absolute atomic E-state index is 9.24. The van der Waals surface area contributed by atoms with Crippen molar-refractivity contribution in [3.63, 3.8) is 0 Å². The lowest BCUT2D eigenvalue weighted by molar-refractivity contribution is 1.18. The Labute approximate surface area is 399 Å². The average Bonchev–Trinajstić information content (AvgIpc) is 3.76. The number of pyridine rings is 2. The van der Waals surface area contributed by atoms with Crippen LogP contribution >= 0.6 is 0 Å². The number of para-hydroxylation sites is 2. The lowest BCUT2D eigenvalue weighted by Gasteiger charge is -2.25. The highest BCUT2D eigenvalue weighted by Gasteiger charge is 2.26. The zero-order valence-corrected chi connectivity index (χ0v) is 36.8. The second-order valence-corrected chi connectivity index (χ2v) is 17.8. The van der Waals surface area contributed by atoms with E-state index >= 15 is 0 Å². The molecule has 0 radical (unpaired) electrons. The predicted octanol–water partition coefficient (Wildman–Crippen LogP) is 17.2.